The summed E-state index contributed by atoms with van der Waals surface area (Å²) in [7, 11) is 1.44. The maximum Gasteiger partial charge on any atom is 0.224 e. The summed E-state index contributed by atoms with van der Waals surface area (Å²) < 4.78 is 5.00. The summed E-state index contributed by atoms with van der Waals surface area (Å²) in [5, 5.41) is 10.1. The number of rotatable bonds is 2. The lowest BCUT2D eigenvalue weighted by molar-refractivity contribution is 0.111. The largest absolute Gasteiger partial charge is 0.506 e. The molecular formula is C10H8N2O3. The highest BCUT2D eigenvalue weighted by atomic mass is 16.5. The standard InChI is InChI=1S/C10H8N2O3/c1-15-10-6-3-2-4-7(14)9(6)11-8(5-13)12-10/h2-5,14H,1H3. The minimum absolute atomic E-state index is 0.00343. The van der Waals surface area contributed by atoms with Crippen LogP contribution >= 0.6 is 0 Å². The van der Waals surface area contributed by atoms with Crippen LogP contribution in [0, 0.1) is 0 Å². The first-order chi connectivity index (χ1) is 7.26. The molecule has 0 unspecified atom stereocenters. The van der Waals surface area contributed by atoms with Crippen molar-refractivity contribution in [3.05, 3.63) is 24.0 Å². The first kappa shape index (κ1) is 9.39. The number of phenolic OH excluding ortho intramolecular Hbond substituents is 1. The van der Waals surface area contributed by atoms with Gasteiger partial charge >= 0.3 is 0 Å². The number of aldehydes is 1. The molecule has 2 aromatic rings. The molecule has 0 saturated carbocycles. The van der Waals surface area contributed by atoms with Crippen molar-refractivity contribution in [1.29, 1.82) is 0 Å². The number of phenols is 1. The summed E-state index contributed by atoms with van der Waals surface area (Å²) in [5.74, 6) is 0.259. The maximum atomic E-state index is 10.6. The summed E-state index contributed by atoms with van der Waals surface area (Å²) in [4.78, 5) is 18.3. The molecule has 1 heterocycles. The van der Waals surface area contributed by atoms with E-state index in [9.17, 15) is 9.90 Å². The molecule has 0 radical (unpaired) electrons. The number of hydrogen-bond donors (Lipinski definition) is 1. The molecule has 2 rings (SSSR count). The van der Waals surface area contributed by atoms with Crippen molar-refractivity contribution in [1.82, 2.24) is 9.97 Å². The Morgan fingerprint density at radius 2 is 2.20 bits per heavy atom. The number of carbonyl (C=O) groups excluding carboxylic acids is 1. The number of ether oxygens (including phenoxy) is 1. The number of fused-ring (bicyclic) bond motifs is 1. The molecule has 1 aromatic heterocycles. The van der Waals surface area contributed by atoms with Crippen LogP contribution in [0.1, 0.15) is 10.6 Å². The van der Waals surface area contributed by atoms with Gasteiger partial charge in [0.15, 0.2) is 12.1 Å². The number of nitrogens with zero attached hydrogens (tertiary/aromatic N) is 2. The van der Waals surface area contributed by atoms with E-state index in [0.29, 0.717) is 17.2 Å². The average molecular weight is 204 g/mol. The van der Waals surface area contributed by atoms with Gasteiger partial charge in [0.2, 0.25) is 5.88 Å². The summed E-state index contributed by atoms with van der Waals surface area (Å²) in [5.41, 5.74) is 0.312. The first-order valence-electron chi connectivity index (χ1n) is 4.25. The topological polar surface area (TPSA) is 72.3 Å². The van der Waals surface area contributed by atoms with E-state index in [-0.39, 0.29) is 17.5 Å². The molecule has 0 amide bonds. The number of para-hydroxylation sites is 1. The zero-order chi connectivity index (χ0) is 10.8. The fourth-order valence-corrected chi connectivity index (χ4v) is 1.33. The predicted octanol–water partition coefficient (Wildman–Crippen LogP) is 1.16. The number of carbonyl (C=O) groups is 1. The summed E-state index contributed by atoms with van der Waals surface area (Å²) >= 11 is 0. The fourth-order valence-electron chi connectivity index (χ4n) is 1.33. The molecule has 1 N–H and O–H groups in total. The van der Waals surface area contributed by atoms with E-state index in [1.165, 1.54) is 13.2 Å². The molecular weight excluding hydrogens is 196 g/mol. The van der Waals surface area contributed by atoms with Gasteiger partial charge in [-0.05, 0) is 12.1 Å². The van der Waals surface area contributed by atoms with Crippen molar-refractivity contribution in [2.45, 2.75) is 0 Å². The molecule has 0 saturated heterocycles. The van der Waals surface area contributed by atoms with E-state index in [1.54, 1.807) is 12.1 Å². The monoisotopic (exact) mass is 204 g/mol. The minimum Gasteiger partial charge on any atom is -0.506 e. The number of aromatic hydroxyl groups is 1. The molecule has 0 fully saturated rings. The molecule has 5 heteroatoms. The lowest BCUT2D eigenvalue weighted by atomic mass is 10.2. The smallest absolute Gasteiger partial charge is 0.224 e. The van der Waals surface area contributed by atoms with Crippen molar-refractivity contribution in [3.8, 4) is 11.6 Å². The molecule has 76 valence electrons. The first-order valence-corrected chi connectivity index (χ1v) is 4.25. The van der Waals surface area contributed by atoms with E-state index < -0.39 is 0 Å². The van der Waals surface area contributed by atoms with Crippen molar-refractivity contribution in [2.24, 2.45) is 0 Å². The second-order valence-electron chi connectivity index (χ2n) is 2.88. The van der Waals surface area contributed by atoms with Crippen molar-refractivity contribution in [2.75, 3.05) is 7.11 Å². The quantitative estimate of drug-likeness (QED) is 0.743. The fraction of sp³-hybridized carbons (Fsp3) is 0.100. The Labute approximate surface area is 85.4 Å². The Balaban J connectivity index is 2.86. The predicted molar refractivity (Wildman–Crippen MR) is 53.1 cm³/mol. The van der Waals surface area contributed by atoms with Crippen LogP contribution in [0.3, 0.4) is 0 Å². The van der Waals surface area contributed by atoms with Gasteiger partial charge in [0, 0.05) is 0 Å². The second kappa shape index (κ2) is 3.53. The molecule has 0 aliphatic heterocycles. The van der Waals surface area contributed by atoms with Gasteiger partial charge in [0.05, 0.1) is 12.5 Å². The van der Waals surface area contributed by atoms with Crippen molar-refractivity contribution < 1.29 is 14.6 Å². The summed E-state index contributed by atoms with van der Waals surface area (Å²) in [6.45, 7) is 0. The zero-order valence-electron chi connectivity index (χ0n) is 7.97. The Hall–Kier alpha value is -2.17. The van der Waals surface area contributed by atoms with E-state index in [2.05, 4.69) is 9.97 Å². The van der Waals surface area contributed by atoms with Gasteiger partial charge in [-0.25, -0.2) is 4.98 Å². The van der Waals surface area contributed by atoms with Gasteiger partial charge in [0.25, 0.3) is 0 Å². The molecule has 15 heavy (non-hydrogen) atoms. The van der Waals surface area contributed by atoms with Crippen LogP contribution in [0.25, 0.3) is 10.9 Å². The van der Waals surface area contributed by atoms with Crippen LogP contribution in [0.2, 0.25) is 0 Å². The molecule has 0 aliphatic rings. The van der Waals surface area contributed by atoms with Crippen molar-refractivity contribution in [3.63, 3.8) is 0 Å². The number of hydrogen-bond acceptors (Lipinski definition) is 5. The number of benzene rings is 1. The Morgan fingerprint density at radius 1 is 1.40 bits per heavy atom. The van der Waals surface area contributed by atoms with Crippen LogP contribution in [0.4, 0.5) is 0 Å². The number of methoxy groups -OCH3 is 1. The van der Waals surface area contributed by atoms with Crippen LogP contribution in [0.5, 0.6) is 11.6 Å². The third kappa shape index (κ3) is 1.48. The average Bonchev–Trinajstić information content (AvgIpc) is 2.28. The van der Waals surface area contributed by atoms with Crippen LogP contribution in [-0.2, 0) is 0 Å². The Morgan fingerprint density at radius 3 is 2.87 bits per heavy atom. The van der Waals surface area contributed by atoms with Gasteiger partial charge < -0.3 is 9.84 Å². The SMILES string of the molecule is COc1nc(C=O)nc2c(O)cccc12. The third-order valence-corrected chi connectivity index (χ3v) is 1.99. The summed E-state index contributed by atoms with van der Waals surface area (Å²) in [6.07, 6.45) is 0.508. The lowest BCUT2D eigenvalue weighted by Crippen LogP contribution is -1.98. The van der Waals surface area contributed by atoms with Gasteiger partial charge in [-0.15, -0.1) is 0 Å². The molecule has 0 atom stereocenters. The van der Waals surface area contributed by atoms with Gasteiger partial charge in [-0.3, -0.25) is 4.79 Å². The Bertz CT molecular complexity index is 525. The molecule has 0 bridgehead atoms. The third-order valence-electron chi connectivity index (χ3n) is 1.99. The second-order valence-corrected chi connectivity index (χ2v) is 2.88. The Kier molecular flexibility index (Phi) is 2.21. The highest BCUT2D eigenvalue weighted by Gasteiger charge is 2.09. The zero-order valence-corrected chi connectivity index (χ0v) is 7.97. The van der Waals surface area contributed by atoms with Gasteiger partial charge in [-0.1, -0.05) is 6.07 Å². The summed E-state index contributed by atoms with van der Waals surface area (Å²) in [6, 6.07) is 4.86. The van der Waals surface area contributed by atoms with Crippen LogP contribution in [-0.4, -0.2) is 28.5 Å². The molecule has 0 spiro atoms. The minimum atomic E-state index is -0.0131. The lowest BCUT2D eigenvalue weighted by Gasteiger charge is -2.05. The maximum absolute atomic E-state index is 10.6. The van der Waals surface area contributed by atoms with E-state index in [1.807, 2.05) is 0 Å². The molecule has 0 aliphatic carbocycles. The normalized spacial score (nSPS) is 10.2. The number of aromatic nitrogens is 2. The molecule has 5 nitrogen and oxygen atoms in total. The van der Waals surface area contributed by atoms with E-state index >= 15 is 0 Å². The van der Waals surface area contributed by atoms with E-state index in [4.69, 9.17) is 4.74 Å². The van der Waals surface area contributed by atoms with E-state index in [0.717, 1.165) is 0 Å². The van der Waals surface area contributed by atoms with Gasteiger partial charge in [0.1, 0.15) is 11.3 Å². The van der Waals surface area contributed by atoms with Crippen LogP contribution < -0.4 is 4.74 Å². The van der Waals surface area contributed by atoms with Gasteiger partial charge in [-0.2, -0.15) is 4.98 Å². The molecule has 1 aromatic carbocycles. The van der Waals surface area contributed by atoms with Crippen molar-refractivity contribution >= 4 is 17.2 Å². The highest BCUT2D eigenvalue weighted by Crippen LogP contribution is 2.27. The highest BCUT2D eigenvalue weighted by molar-refractivity contribution is 5.90. The van der Waals surface area contributed by atoms with Crippen LogP contribution in [0.15, 0.2) is 18.2 Å².